The lowest BCUT2D eigenvalue weighted by molar-refractivity contribution is -0.0318. The fourth-order valence-electron chi connectivity index (χ4n) is 3.84. The number of fused-ring (bicyclic) bond motifs is 3. The van der Waals surface area contributed by atoms with Crippen molar-refractivity contribution in [2.24, 2.45) is 0 Å². The minimum Gasteiger partial charge on any atom is -0.393 e. The van der Waals surface area contributed by atoms with Crippen LogP contribution in [0.1, 0.15) is 37.8 Å². The van der Waals surface area contributed by atoms with E-state index in [2.05, 4.69) is 20.0 Å². The lowest BCUT2D eigenvalue weighted by Gasteiger charge is -2.47. The van der Waals surface area contributed by atoms with Crippen LogP contribution in [0.3, 0.4) is 0 Å². The second-order valence-corrected chi connectivity index (χ2v) is 6.14. The molecule has 2 bridgehead atoms. The van der Waals surface area contributed by atoms with Crippen molar-refractivity contribution in [1.29, 1.82) is 0 Å². The van der Waals surface area contributed by atoms with Crippen LogP contribution in [0.4, 0.5) is 0 Å². The topological polar surface area (TPSA) is 86.5 Å². The van der Waals surface area contributed by atoms with E-state index in [9.17, 15) is 9.90 Å². The third kappa shape index (κ3) is 2.26. The van der Waals surface area contributed by atoms with Crippen LogP contribution in [0.25, 0.3) is 5.78 Å². The molecular weight excluding hydrogens is 270 g/mol. The summed E-state index contributed by atoms with van der Waals surface area (Å²) in [5, 5.41) is 12.7. The molecule has 21 heavy (non-hydrogen) atoms. The number of piperidine rings is 2. The van der Waals surface area contributed by atoms with Gasteiger partial charge >= 0.3 is 0 Å². The summed E-state index contributed by atoms with van der Waals surface area (Å²) in [7, 11) is 0. The first-order valence-electron chi connectivity index (χ1n) is 7.56. The van der Waals surface area contributed by atoms with E-state index in [-0.39, 0.29) is 11.7 Å². The van der Waals surface area contributed by atoms with Crippen molar-refractivity contribution in [3.8, 4) is 0 Å². The molecule has 112 valence electrons. The number of rotatable bonds is 2. The molecule has 2 saturated heterocycles. The van der Waals surface area contributed by atoms with Gasteiger partial charge in [-0.2, -0.15) is 4.52 Å². The average Bonchev–Trinajstić information content (AvgIpc) is 2.88. The number of hydrogen-bond donors (Lipinski definition) is 2. The van der Waals surface area contributed by atoms with Gasteiger partial charge in [-0.25, -0.2) is 9.97 Å². The molecular formula is C14H19N5O2. The van der Waals surface area contributed by atoms with Crippen LogP contribution in [0.5, 0.6) is 0 Å². The monoisotopic (exact) mass is 289 g/mol. The van der Waals surface area contributed by atoms with Crippen LogP contribution >= 0.6 is 0 Å². The van der Waals surface area contributed by atoms with E-state index >= 15 is 0 Å². The second kappa shape index (κ2) is 4.92. The molecule has 1 unspecified atom stereocenters. The molecule has 0 spiro atoms. The van der Waals surface area contributed by atoms with Crippen molar-refractivity contribution in [3.05, 3.63) is 28.4 Å². The smallest absolute Gasteiger partial charge is 0.274 e. The molecule has 2 aromatic rings. The van der Waals surface area contributed by atoms with E-state index < -0.39 is 0 Å². The maximum atomic E-state index is 12.0. The van der Waals surface area contributed by atoms with E-state index in [0.717, 1.165) is 31.4 Å². The average molecular weight is 289 g/mol. The molecule has 3 atom stereocenters. The highest BCUT2D eigenvalue weighted by molar-refractivity contribution is 5.26. The van der Waals surface area contributed by atoms with E-state index in [4.69, 9.17) is 0 Å². The van der Waals surface area contributed by atoms with Crippen molar-refractivity contribution in [2.45, 2.75) is 56.8 Å². The summed E-state index contributed by atoms with van der Waals surface area (Å²) in [5.41, 5.74) is 0.634. The van der Waals surface area contributed by atoms with Gasteiger partial charge in [0.25, 0.3) is 11.3 Å². The van der Waals surface area contributed by atoms with E-state index in [0.29, 0.717) is 24.4 Å². The van der Waals surface area contributed by atoms with Crippen molar-refractivity contribution in [1.82, 2.24) is 24.5 Å². The van der Waals surface area contributed by atoms with Crippen molar-refractivity contribution >= 4 is 5.78 Å². The number of nitrogens with zero attached hydrogens (tertiary/aromatic N) is 4. The number of hydrogen-bond acceptors (Lipinski definition) is 5. The summed E-state index contributed by atoms with van der Waals surface area (Å²) < 4.78 is 1.34. The normalized spacial score (nSPS) is 29.9. The van der Waals surface area contributed by atoms with Gasteiger partial charge in [0, 0.05) is 24.7 Å². The molecule has 0 aromatic carbocycles. The molecule has 0 saturated carbocycles. The molecule has 2 aliphatic heterocycles. The predicted octanol–water partition coefficient (Wildman–Crippen LogP) is 0.295. The highest BCUT2D eigenvalue weighted by atomic mass is 16.3. The Hall–Kier alpha value is -1.73. The molecule has 0 radical (unpaired) electrons. The quantitative estimate of drug-likeness (QED) is 0.830. The van der Waals surface area contributed by atoms with Crippen molar-refractivity contribution < 1.29 is 5.11 Å². The Balaban J connectivity index is 1.63. The van der Waals surface area contributed by atoms with Gasteiger partial charge in [0.1, 0.15) is 6.33 Å². The number of aliphatic hydroxyl groups excluding tert-OH is 1. The van der Waals surface area contributed by atoms with Crippen LogP contribution in [0.2, 0.25) is 0 Å². The lowest BCUT2D eigenvalue weighted by Crippen LogP contribution is -2.53. The van der Waals surface area contributed by atoms with Gasteiger partial charge in [0.05, 0.1) is 11.8 Å². The van der Waals surface area contributed by atoms with E-state index in [1.54, 1.807) is 6.07 Å². The number of nitrogens with one attached hydrogen (secondary N) is 1. The molecule has 0 aliphatic carbocycles. The third-order valence-electron chi connectivity index (χ3n) is 4.77. The predicted molar refractivity (Wildman–Crippen MR) is 75.8 cm³/mol. The summed E-state index contributed by atoms with van der Waals surface area (Å²) in [5.74, 6) is 0.416. The maximum Gasteiger partial charge on any atom is 0.274 e. The Labute approximate surface area is 121 Å². The molecule has 2 N–H and O–H groups in total. The largest absolute Gasteiger partial charge is 0.393 e. The van der Waals surface area contributed by atoms with Crippen LogP contribution < -0.4 is 5.56 Å². The fraction of sp³-hybridized carbons (Fsp3) is 0.643. The first kappa shape index (κ1) is 13.0. The Morgan fingerprint density at radius 3 is 2.86 bits per heavy atom. The first-order chi connectivity index (χ1) is 10.2. The zero-order valence-electron chi connectivity index (χ0n) is 11.8. The summed E-state index contributed by atoms with van der Waals surface area (Å²) in [4.78, 5) is 22.9. The SMILES string of the molecule is O=c1cc(CN2[C@@H]3CCC[C@H]2CC(O)C3)nc2nc[nH]n12. The number of aromatic amines is 1. The second-order valence-electron chi connectivity index (χ2n) is 6.14. The molecule has 4 heterocycles. The minimum absolute atomic E-state index is 0.130. The first-order valence-corrected chi connectivity index (χ1v) is 7.56. The molecule has 7 heteroatoms. The van der Waals surface area contributed by atoms with Gasteiger partial charge in [-0.1, -0.05) is 6.42 Å². The molecule has 4 rings (SSSR count). The standard InChI is InChI=1S/C14H19N5O2/c20-12-5-10-2-1-3-11(6-12)18(10)7-9-4-13(21)19-14(17-9)15-8-16-19/h4,8,10-12,20H,1-3,5-7H2,(H,15,16,17)/t10-,11+,12?. The zero-order valence-corrected chi connectivity index (χ0v) is 11.8. The minimum atomic E-state index is -0.177. The van der Waals surface area contributed by atoms with Crippen LogP contribution in [-0.2, 0) is 6.54 Å². The Morgan fingerprint density at radius 2 is 2.10 bits per heavy atom. The Kier molecular flexibility index (Phi) is 3.04. The lowest BCUT2D eigenvalue weighted by atomic mass is 9.83. The number of H-pyrrole nitrogens is 1. The van der Waals surface area contributed by atoms with Gasteiger partial charge < -0.3 is 5.11 Å². The third-order valence-corrected chi connectivity index (χ3v) is 4.77. The Bertz CT molecular complexity index is 695. The maximum absolute atomic E-state index is 12.0. The summed E-state index contributed by atoms with van der Waals surface area (Å²) >= 11 is 0. The van der Waals surface area contributed by atoms with Gasteiger partial charge in [-0.3, -0.25) is 14.8 Å². The number of aromatic nitrogens is 4. The molecule has 2 fully saturated rings. The Morgan fingerprint density at radius 1 is 1.33 bits per heavy atom. The molecule has 7 nitrogen and oxygen atoms in total. The molecule has 2 aliphatic rings. The van der Waals surface area contributed by atoms with Gasteiger partial charge in [-0.05, 0) is 25.7 Å². The van der Waals surface area contributed by atoms with E-state index in [1.807, 2.05) is 0 Å². The van der Waals surface area contributed by atoms with Gasteiger partial charge in [-0.15, -0.1) is 0 Å². The van der Waals surface area contributed by atoms with Crippen molar-refractivity contribution in [3.63, 3.8) is 0 Å². The van der Waals surface area contributed by atoms with E-state index in [1.165, 1.54) is 17.3 Å². The molecule has 2 aromatic heterocycles. The van der Waals surface area contributed by atoms with Crippen LogP contribution in [-0.4, -0.2) is 47.8 Å². The fourth-order valence-corrected chi connectivity index (χ4v) is 3.84. The highest BCUT2D eigenvalue weighted by Gasteiger charge is 2.37. The van der Waals surface area contributed by atoms with Gasteiger partial charge in [0.2, 0.25) is 0 Å². The van der Waals surface area contributed by atoms with Crippen LogP contribution in [0, 0.1) is 0 Å². The summed E-state index contributed by atoms with van der Waals surface area (Å²) in [6.45, 7) is 0.667. The van der Waals surface area contributed by atoms with Gasteiger partial charge in [0.15, 0.2) is 0 Å². The summed E-state index contributed by atoms with van der Waals surface area (Å²) in [6, 6.07) is 2.39. The highest BCUT2D eigenvalue weighted by Crippen LogP contribution is 2.34. The summed E-state index contributed by atoms with van der Waals surface area (Å²) in [6.07, 6.45) is 6.44. The zero-order chi connectivity index (χ0) is 14.4. The molecule has 0 amide bonds. The number of aliphatic hydroxyl groups is 1. The van der Waals surface area contributed by atoms with Crippen molar-refractivity contribution in [2.75, 3.05) is 0 Å². The van der Waals surface area contributed by atoms with Crippen LogP contribution in [0.15, 0.2) is 17.2 Å².